The van der Waals surface area contributed by atoms with Crippen molar-refractivity contribution < 1.29 is 9.69 Å². The topological polar surface area (TPSA) is 33.5 Å². The third kappa shape index (κ3) is 4.50. The van der Waals surface area contributed by atoms with Crippen molar-refractivity contribution in [1.82, 2.24) is 0 Å². The molecule has 1 saturated heterocycles. The zero-order chi connectivity index (χ0) is 14.4. The van der Waals surface area contributed by atoms with Crippen molar-refractivity contribution in [3.8, 4) is 0 Å². The van der Waals surface area contributed by atoms with Crippen LogP contribution in [0.15, 0.2) is 18.2 Å². The molecular weight excluding hydrogens is 272 g/mol. The molecule has 1 aromatic rings. The maximum absolute atomic E-state index is 12.2. The van der Waals surface area contributed by atoms with Gasteiger partial charge in [-0.2, -0.15) is 0 Å². The standard InChI is InChI=1S/C16H23ClN2O/c1-13-14(17)8-7-9-15(13)18-16(20)12-19-10-5-3-2-4-6-11-19/h7-9H,2-6,10-12H2,1H3,(H,18,20)/p+1. The highest BCUT2D eigenvalue weighted by atomic mass is 35.5. The monoisotopic (exact) mass is 295 g/mol. The van der Waals surface area contributed by atoms with Crippen LogP contribution in [0.2, 0.25) is 5.02 Å². The van der Waals surface area contributed by atoms with Crippen molar-refractivity contribution in [1.29, 1.82) is 0 Å². The van der Waals surface area contributed by atoms with Crippen molar-refractivity contribution in [2.75, 3.05) is 25.0 Å². The van der Waals surface area contributed by atoms with E-state index in [4.69, 9.17) is 11.6 Å². The first-order valence-corrected chi connectivity index (χ1v) is 7.93. The Kier molecular flexibility index (Phi) is 5.86. The van der Waals surface area contributed by atoms with E-state index < -0.39 is 0 Å². The van der Waals surface area contributed by atoms with Gasteiger partial charge in [0.15, 0.2) is 6.54 Å². The summed E-state index contributed by atoms with van der Waals surface area (Å²) in [6.45, 7) is 4.72. The van der Waals surface area contributed by atoms with Crippen molar-refractivity contribution in [3.05, 3.63) is 28.8 Å². The summed E-state index contributed by atoms with van der Waals surface area (Å²) in [7, 11) is 0. The van der Waals surface area contributed by atoms with Gasteiger partial charge in [0, 0.05) is 10.7 Å². The number of anilines is 1. The van der Waals surface area contributed by atoms with Crippen LogP contribution in [0.25, 0.3) is 0 Å². The number of quaternary nitrogens is 1. The number of carbonyl (C=O) groups excluding carboxylic acids is 1. The number of hydrogen-bond donors (Lipinski definition) is 2. The fourth-order valence-corrected chi connectivity index (χ4v) is 2.92. The van der Waals surface area contributed by atoms with E-state index in [1.807, 2.05) is 25.1 Å². The Bertz CT molecular complexity index is 454. The highest BCUT2D eigenvalue weighted by molar-refractivity contribution is 6.31. The Morgan fingerprint density at radius 2 is 1.85 bits per heavy atom. The summed E-state index contributed by atoms with van der Waals surface area (Å²) in [5.41, 5.74) is 1.76. The molecule has 1 aliphatic rings. The number of nitrogens with one attached hydrogen (secondary N) is 2. The summed E-state index contributed by atoms with van der Waals surface area (Å²) in [6.07, 6.45) is 6.43. The Morgan fingerprint density at radius 1 is 1.20 bits per heavy atom. The van der Waals surface area contributed by atoms with E-state index in [0.717, 1.165) is 24.3 Å². The second-order valence-corrected chi connectivity index (χ2v) is 6.06. The molecule has 2 rings (SSSR count). The second kappa shape index (κ2) is 7.65. The summed E-state index contributed by atoms with van der Waals surface area (Å²) in [5.74, 6) is 0.0888. The maximum atomic E-state index is 12.2. The van der Waals surface area contributed by atoms with Crippen LogP contribution in [0.4, 0.5) is 5.69 Å². The molecule has 1 amide bonds. The average molecular weight is 296 g/mol. The summed E-state index contributed by atoms with van der Waals surface area (Å²) < 4.78 is 0. The zero-order valence-electron chi connectivity index (χ0n) is 12.2. The summed E-state index contributed by atoms with van der Waals surface area (Å²) in [4.78, 5) is 13.6. The molecule has 0 unspecified atom stereocenters. The molecule has 110 valence electrons. The molecule has 3 nitrogen and oxygen atoms in total. The van der Waals surface area contributed by atoms with Crippen LogP contribution in [-0.2, 0) is 4.79 Å². The predicted octanol–water partition coefficient (Wildman–Crippen LogP) is 2.44. The minimum absolute atomic E-state index is 0.0888. The lowest BCUT2D eigenvalue weighted by Crippen LogP contribution is -3.13. The van der Waals surface area contributed by atoms with E-state index in [1.54, 1.807) is 0 Å². The molecule has 0 atom stereocenters. The van der Waals surface area contributed by atoms with Crippen molar-refractivity contribution >= 4 is 23.2 Å². The molecular formula is C16H24ClN2O+. The molecule has 0 spiro atoms. The van der Waals surface area contributed by atoms with Crippen LogP contribution < -0.4 is 10.2 Å². The van der Waals surface area contributed by atoms with Gasteiger partial charge < -0.3 is 10.2 Å². The smallest absolute Gasteiger partial charge is 0.279 e. The predicted molar refractivity (Wildman–Crippen MR) is 83.5 cm³/mol. The van der Waals surface area contributed by atoms with Crippen molar-refractivity contribution in [3.63, 3.8) is 0 Å². The van der Waals surface area contributed by atoms with E-state index in [-0.39, 0.29) is 5.91 Å². The third-order valence-corrected chi connectivity index (χ3v) is 4.42. The lowest BCUT2D eigenvalue weighted by atomic mass is 10.1. The first-order valence-electron chi connectivity index (χ1n) is 7.55. The van der Waals surface area contributed by atoms with Gasteiger partial charge in [-0.25, -0.2) is 0 Å². The minimum atomic E-state index is 0.0888. The second-order valence-electron chi connectivity index (χ2n) is 5.66. The molecule has 1 fully saturated rings. The fourth-order valence-electron chi connectivity index (χ4n) is 2.75. The molecule has 4 heteroatoms. The Labute approximate surface area is 126 Å². The van der Waals surface area contributed by atoms with E-state index in [0.29, 0.717) is 11.6 Å². The van der Waals surface area contributed by atoms with Gasteiger partial charge in [0.2, 0.25) is 0 Å². The van der Waals surface area contributed by atoms with Crippen LogP contribution in [0.3, 0.4) is 0 Å². The molecule has 20 heavy (non-hydrogen) atoms. The van der Waals surface area contributed by atoms with Gasteiger partial charge in [-0.3, -0.25) is 4.79 Å². The molecule has 0 radical (unpaired) electrons. The largest absolute Gasteiger partial charge is 0.327 e. The van der Waals surface area contributed by atoms with Crippen LogP contribution in [0.5, 0.6) is 0 Å². The van der Waals surface area contributed by atoms with Crippen LogP contribution in [0, 0.1) is 6.92 Å². The number of benzene rings is 1. The molecule has 0 saturated carbocycles. The van der Waals surface area contributed by atoms with Gasteiger partial charge in [-0.15, -0.1) is 0 Å². The quantitative estimate of drug-likeness (QED) is 0.882. The molecule has 0 aliphatic carbocycles. The van der Waals surface area contributed by atoms with Crippen LogP contribution >= 0.6 is 11.6 Å². The van der Waals surface area contributed by atoms with Crippen LogP contribution in [-0.4, -0.2) is 25.5 Å². The van der Waals surface area contributed by atoms with E-state index in [1.165, 1.54) is 37.0 Å². The SMILES string of the molecule is Cc1c(Cl)cccc1NC(=O)C[NH+]1CCCCCCC1. The summed E-state index contributed by atoms with van der Waals surface area (Å²) >= 11 is 6.07. The lowest BCUT2D eigenvalue weighted by molar-refractivity contribution is -0.892. The van der Waals surface area contributed by atoms with Crippen LogP contribution in [0.1, 0.15) is 37.7 Å². The molecule has 1 aliphatic heterocycles. The minimum Gasteiger partial charge on any atom is -0.327 e. The number of amides is 1. The molecule has 1 aromatic carbocycles. The Morgan fingerprint density at radius 3 is 2.55 bits per heavy atom. The first kappa shape index (κ1) is 15.3. The lowest BCUT2D eigenvalue weighted by Gasteiger charge is -2.21. The summed E-state index contributed by atoms with van der Waals surface area (Å²) in [5, 5.41) is 3.69. The molecule has 0 aromatic heterocycles. The number of halogens is 1. The maximum Gasteiger partial charge on any atom is 0.279 e. The highest BCUT2D eigenvalue weighted by Crippen LogP contribution is 2.22. The van der Waals surface area contributed by atoms with Crippen molar-refractivity contribution in [2.45, 2.75) is 39.0 Å². The van der Waals surface area contributed by atoms with Gasteiger partial charge in [-0.1, -0.05) is 24.1 Å². The molecule has 2 N–H and O–H groups in total. The third-order valence-electron chi connectivity index (χ3n) is 4.01. The fraction of sp³-hybridized carbons (Fsp3) is 0.562. The number of rotatable bonds is 3. The van der Waals surface area contributed by atoms with Gasteiger partial charge in [0.1, 0.15) is 0 Å². The van der Waals surface area contributed by atoms with Gasteiger partial charge in [0.05, 0.1) is 13.1 Å². The highest BCUT2D eigenvalue weighted by Gasteiger charge is 2.16. The van der Waals surface area contributed by atoms with E-state index in [2.05, 4.69) is 5.32 Å². The van der Waals surface area contributed by atoms with Gasteiger partial charge in [-0.05, 0) is 50.3 Å². The zero-order valence-corrected chi connectivity index (χ0v) is 12.9. The average Bonchev–Trinajstić information content (AvgIpc) is 2.38. The molecule has 0 bridgehead atoms. The summed E-state index contributed by atoms with van der Waals surface area (Å²) in [6, 6.07) is 5.62. The van der Waals surface area contributed by atoms with E-state index >= 15 is 0 Å². The van der Waals surface area contributed by atoms with Crippen molar-refractivity contribution in [2.24, 2.45) is 0 Å². The number of likely N-dealkylation sites (tertiary alicyclic amines) is 1. The molecule has 1 heterocycles. The normalized spacial score (nSPS) is 17.3. The Balaban J connectivity index is 1.89. The van der Waals surface area contributed by atoms with E-state index in [9.17, 15) is 4.79 Å². The number of hydrogen-bond acceptors (Lipinski definition) is 1. The van der Waals surface area contributed by atoms with Gasteiger partial charge >= 0.3 is 0 Å². The Hall–Kier alpha value is -1.06. The van der Waals surface area contributed by atoms with Gasteiger partial charge in [0.25, 0.3) is 5.91 Å². The number of carbonyl (C=O) groups is 1. The first-order chi connectivity index (χ1) is 9.66.